The minimum absolute atomic E-state index is 0.107. The van der Waals surface area contributed by atoms with Gasteiger partial charge in [-0.1, -0.05) is 48.0 Å². The average molecular weight is 517 g/mol. The van der Waals surface area contributed by atoms with Gasteiger partial charge in [0.25, 0.3) is 5.91 Å². The summed E-state index contributed by atoms with van der Waals surface area (Å²) in [7, 11) is 0. The van der Waals surface area contributed by atoms with Gasteiger partial charge in [0.1, 0.15) is 6.04 Å². The van der Waals surface area contributed by atoms with Crippen molar-refractivity contribution in [1.82, 2.24) is 4.90 Å². The number of cyclic esters (lactones) is 1. The second-order valence-electron chi connectivity index (χ2n) is 9.72. The first-order valence-electron chi connectivity index (χ1n) is 12.0. The number of hydrogen-bond donors (Lipinski definition) is 1. The molecule has 0 saturated carbocycles. The topological polar surface area (TPSA) is 87.2 Å². The first kappa shape index (κ1) is 24.4. The Morgan fingerprint density at radius 3 is 2.71 bits per heavy atom. The highest BCUT2D eigenvalue weighted by atomic mass is 35.5. The summed E-state index contributed by atoms with van der Waals surface area (Å²) in [5.74, 6) is -2.34. The van der Waals surface area contributed by atoms with Crippen molar-refractivity contribution in [2.24, 2.45) is 11.8 Å². The van der Waals surface area contributed by atoms with E-state index in [4.69, 9.17) is 16.3 Å². The van der Waals surface area contributed by atoms with E-state index in [0.29, 0.717) is 30.1 Å². The van der Waals surface area contributed by atoms with Crippen LogP contribution in [0.5, 0.6) is 0 Å². The third-order valence-electron chi connectivity index (χ3n) is 7.54. The van der Waals surface area contributed by atoms with Crippen LogP contribution in [0.1, 0.15) is 25.3 Å². The molecule has 2 fully saturated rings. The van der Waals surface area contributed by atoms with Crippen LogP contribution in [0, 0.1) is 18.8 Å². The fourth-order valence-corrected chi connectivity index (χ4v) is 8.61. The number of aryl methyl sites for hydroxylation is 1. The van der Waals surface area contributed by atoms with Crippen LogP contribution >= 0.6 is 23.4 Å². The number of fused-ring (bicyclic) bond motifs is 2. The monoisotopic (exact) mass is 516 g/mol. The molecular formula is C26H29ClN2O5S. The van der Waals surface area contributed by atoms with Crippen LogP contribution in [0.3, 0.4) is 0 Å². The zero-order valence-corrected chi connectivity index (χ0v) is 21.3. The molecule has 2 saturated heterocycles. The lowest BCUT2D eigenvalue weighted by Gasteiger charge is -2.37. The maximum absolute atomic E-state index is 14.3. The molecular weight excluding hydrogens is 488 g/mol. The molecule has 1 unspecified atom stereocenters. The molecule has 0 aromatic heterocycles. The third-order valence-corrected chi connectivity index (χ3v) is 9.64. The maximum atomic E-state index is 14.3. The summed E-state index contributed by atoms with van der Waals surface area (Å²) < 4.78 is 3.90. The second-order valence-corrected chi connectivity index (χ2v) is 11.9. The minimum atomic E-state index is -0.944. The van der Waals surface area contributed by atoms with Crippen molar-refractivity contribution < 1.29 is 24.2 Å². The number of rotatable bonds is 4. The van der Waals surface area contributed by atoms with E-state index in [0.717, 1.165) is 5.56 Å². The normalized spacial score (nSPS) is 34.2. The third kappa shape index (κ3) is 3.64. The number of esters is 1. The van der Waals surface area contributed by atoms with Crippen molar-refractivity contribution >= 4 is 46.8 Å². The van der Waals surface area contributed by atoms with Gasteiger partial charge in [0.15, 0.2) is 0 Å². The number of amides is 2. The number of aliphatic hydroxyl groups excluding tert-OH is 1. The molecule has 9 heteroatoms. The van der Waals surface area contributed by atoms with E-state index < -0.39 is 33.3 Å². The Kier molecular flexibility index (Phi) is 6.26. The van der Waals surface area contributed by atoms with Crippen molar-refractivity contribution in [3.8, 4) is 0 Å². The number of likely N-dealkylation sites (tertiary alicyclic amines) is 1. The molecule has 0 aliphatic carbocycles. The number of para-hydroxylation sites is 1. The Morgan fingerprint density at radius 2 is 1.97 bits per heavy atom. The molecule has 0 bridgehead atoms. The second kappa shape index (κ2) is 8.98. The molecule has 4 aliphatic rings. The van der Waals surface area contributed by atoms with E-state index >= 15 is 0 Å². The van der Waals surface area contributed by atoms with Crippen molar-refractivity contribution in [3.05, 3.63) is 53.1 Å². The predicted molar refractivity (Wildman–Crippen MR) is 135 cm³/mol. The molecule has 4 aliphatic heterocycles. The zero-order valence-electron chi connectivity index (χ0n) is 19.8. The van der Waals surface area contributed by atoms with Crippen LogP contribution in [0.25, 0.3) is 0 Å². The fraction of sp³-hybridized carbons (Fsp3) is 0.500. The van der Waals surface area contributed by atoms with Gasteiger partial charge in [-0.15, -0.1) is 11.8 Å². The van der Waals surface area contributed by atoms with Crippen LogP contribution in [-0.2, 0) is 19.1 Å². The summed E-state index contributed by atoms with van der Waals surface area (Å²) in [4.78, 5) is 44.8. The van der Waals surface area contributed by atoms with Crippen LogP contribution in [0.4, 0.5) is 5.69 Å². The Balaban J connectivity index is 1.66. The van der Waals surface area contributed by atoms with Gasteiger partial charge in [0, 0.05) is 24.4 Å². The first-order valence-corrected chi connectivity index (χ1v) is 13.1. The number of hydrogen-bond acceptors (Lipinski definition) is 6. The Hall–Kier alpha value is -2.29. The number of carbonyl (C=O) groups excluding carboxylic acids is 3. The van der Waals surface area contributed by atoms with Crippen molar-refractivity contribution in [2.45, 2.75) is 42.2 Å². The highest BCUT2D eigenvalue weighted by Crippen LogP contribution is 2.65. The first-order chi connectivity index (χ1) is 16.7. The zero-order chi connectivity index (χ0) is 25.0. The molecule has 2 amide bonds. The summed E-state index contributed by atoms with van der Waals surface area (Å²) in [6, 6.07) is 4.66. The van der Waals surface area contributed by atoms with Gasteiger partial charge in [-0.05, 0) is 38.3 Å². The van der Waals surface area contributed by atoms with Gasteiger partial charge in [0.2, 0.25) is 5.91 Å². The summed E-state index contributed by atoms with van der Waals surface area (Å²) >= 11 is 8.06. The van der Waals surface area contributed by atoms with Crippen molar-refractivity contribution in [1.29, 1.82) is 0 Å². The number of thioether (sulfide) groups is 1. The van der Waals surface area contributed by atoms with Crippen LogP contribution in [0.2, 0.25) is 5.02 Å². The van der Waals surface area contributed by atoms with Crippen molar-refractivity contribution in [2.75, 3.05) is 31.2 Å². The van der Waals surface area contributed by atoms with E-state index in [1.807, 2.05) is 50.3 Å². The number of halogens is 1. The van der Waals surface area contributed by atoms with Gasteiger partial charge < -0.3 is 19.6 Å². The molecule has 1 aromatic carbocycles. The number of carbonyl (C=O) groups is 3. The standard InChI is InChI=1S/C26H29ClN2O5S/c1-16-8-5-9-17(27)20(16)28-12-6-11-26-18(22(31)29(13-7-14-30)21(26)23(28)32)19-24(33)34-15-4-3-10-25(19,2)35-26/h3,5-6,8-11,18-19,21,30H,4,7,12-15H2,1-2H3/t18-,19-,21?,25+,26-/m0/s1. The Morgan fingerprint density at radius 1 is 1.17 bits per heavy atom. The number of ether oxygens (including phenoxy) is 1. The van der Waals surface area contributed by atoms with E-state index in [9.17, 15) is 19.5 Å². The summed E-state index contributed by atoms with van der Waals surface area (Å²) in [5, 5.41) is 9.98. The molecule has 0 radical (unpaired) electrons. The van der Waals surface area contributed by atoms with Gasteiger partial charge in [-0.2, -0.15) is 0 Å². The fourth-order valence-electron chi connectivity index (χ4n) is 6.13. The Bertz CT molecular complexity index is 1120. The highest BCUT2D eigenvalue weighted by molar-refractivity contribution is 8.02. The van der Waals surface area contributed by atoms with E-state index in [1.165, 1.54) is 11.8 Å². The predicted octanol–water partition coefficient (Wildman–Crippen LogP) is 3.12. The molecule has 5 rings (SSSR count). The van der Waals surface area contributed by atoms with Crippen LogP contribution < -0.4 is 4.90 Å². The highest BCUT2D eigenvalue weighted by Gasteiger charge is 2.73. The smallest absolute Gasteiger partial charge is 0.311 e. The van der Waals surface area contributed by atoms with Crippen molar-refractivity contribution in [3.63, 3.8) is 0 Å². The quantitative estimate of drug-likeness (QED) is 0.489. The van der Waals surface area contributed by atoms with Gasteiger partial charge in [-0.3, -0.25) is 14.4 Å². The lowest BCUT2D eigenvalue weighted by Crippen LogP contribution is -2.53. The summed E-state index contributed by atoms with van der Waals surface area (Å²) in [6.45, 7) is 4.55. The summed E-state index contributed by atoms with van der Waals surface area (Å²) in [5.41, 5.74) is 1.48. The average Bonchev–Trinajstić information content (AvgIpc) is 3.12. The molecule has 1 aromatic rings. The maximum Gasteiger partial charge on any atom is 0.311 e. The van der Waals surface area contributed by atoms with Crippen LogP contribution in [-0.4, -0.2) is 69.6 Å². The van der Waals surface area contributed by atoms with Gasteiger partial charge in [-0.25, -0.2) is 0 Å². The van der Waals surface area contributed by atoms with E-state index in [2.05, 4.69) is 0 Å². The molecule has 4 heterocycles. The molecule has 186 valence electrons. The SMILES string of the molecule is Cc1cccc(Cl)c1N1CC=C[C@]23S[C@]4(C)C=CCCOC(=O)[C@@H]4[C@H]2C(=O)N(CCCO)C3C1=O. The largest absolute Gasteiger partial charge is 0.465 e. The Labute approximate surface area is 214 Å². The molecule has 5 atom stereocenters. The lowest BCUT2D eigenvalue weighted by molar-refractivity contribution is -0.154. The molecule has 1 N–H and O–H groups in total. The molecule has 7 nitrogen and oxygen atoms in total. The number of anilines is 1. The summed E-state index contributed by atoms with van der Waals surface area (Å²) in [6.07, 6.45) is 8.84. The lowest BCUT2D eigenvalue weighted by atomic mass is 9.74. The minimum Gasteiger partial charge on any atom is -0.465 e. The van der Waals surface area contributed by atoms with Crippen LogP contribution in [0.15, 0.2) is 42.5 Å². The molecule has 35 heavy (non-hydrogen) atoms. The van der Waals surface area contributed by atoms with E-state index in [1.54, 1.807) is 15.9 Å². The number of benzene rings is 1. The van der Waals surface area contributed by atoms with Gasteiger partial charge >= 0.3 is 5.97 Å². The van der Waals surface area contributed by atoms with E-state index in [-0.39, 0.29) is 31.6 Å². The molecule has 1 spiro atoms. The number of nitrogens with zero attached hydrogens (tertiary/aromatic N) is 2. The van der Waals surface area contributed by atoms with Gasteiger partial charge in [0.05, 0.1) is 33.9 Å². The number of aliphatic hydroxyl groups is 1.